The van der Waals surface area contributed by atoms with Gasteiger partial charge in [0.1, 0.15) is 18.8 Å². The van der Waals surface area contributed by atoms with Crippen molar-refractivity contribution in [1.29, 1.82) is 0 Å². The Balaban J connectivity index is 2.70. The van der Waals surface area contributed by atoms with Crippen LogP contribution in [0.25, 0.3) is 0 Å². The molecule has 0 aromatic carbocycles. The minimum absolute atomic E-state index is 0.0390. The molecule has 6 unspecified atom stereocenters. The molecule has 1 saturated heterocycles. The lowest BCUT2D eigenvalue weighted by atomic mass is 9.98. The van der Waals surface area contributed by atoms with Gasteiger partial charge in [-0.3, -0.25) is 14.4 Å². The summed E-state index contributed by atoms with van der Waals surface area (Å²) < 4.78 is 28.5. The first-order valence-corrected chi connectivity index (χ1v) is 32.5. The maximum atomic E-state index is 13.2. The minimum atomic E-state index is -1.92. The van der Waals surface area contributed by atoms with Gasteiger partial charge in [-0.2, -0.15) is 0 Å². The van der Waals surface area contributed by atoms with Crippen LogP contribution in [0, 0.1) is 0 Å². The smallest absolute Gasteiger partial charge is 0.335 e. The van der Waals surface area contributed by atoms with Crippen LogP contribution in [-0.2, 0) is 42.9 Å². The Labute approximate surface area is 503 Å². The van der Waals surface area contributed by atoms with Gasteiger partial charge in [-0.25, -0.2) is 4.79 Å². The van der Waals surface area contributed by atoms with Crippen molar-refractivity contribution in [2.45, 2.75) is 289 Å². The first-order valence-electron chi connectivity index (χ1n) is 32.5. The number of carboxylic acids is 1. The monoisotopic (exact) mass is 1160 g/mol. The molecule has 1 heterocycles. The Morgan fingerprint density at radius 3 is 1.17 bits per heavy atom. The summed E-state index contributed by atoms with van der Waals surface area (Å²) in [4.78, 5) is 51.4. The Hall–Kier alpha value is -4.88. The van der Waals surface area contributed by atoms with Crippen molar-refractivity contribution in [3.63, 3.8) is 0 Å². The number of aliphatic hydroxyl groups excluding tert-OH is 2. The highest BCUT2D eigenvalue weighted by molar-refractivity contribution is 5.74. The van der Waals surface area contributed by atoms with E-state index < -0.39 is 67.3 Å². The quantitative estimate of drug-likeness (QED) is 0.0228. The number of hydrogen-bond donors (Lipinski definition) is 3. The number of carboxylic acid groups (broad SMARTS) is 1. The molecule has 1 rings (SSSR count). The normalized spacial score (nSPS) is 18.4. The first kappa shape index (κ1) is 76.1. The van der Waals surface area contributed by atoms with Crippen molar-refractivity contribution in [1.82, 2.24) is 0 Å². The number of allylic oxidation sites excluding steroid dienone is 20. The Kier molecular flexibility index (Phi) is 52.8. The Morgan fingerprint density at radius 2 is 0.759 bits per heavy atom. The van der Waals surface area contributed by atoms with Gasteiger partial charge in [0.15, 0.2) is 24.6 Å². The summed E-state index contributed by atoms with van der Waals surface area (Å²) in [6.45, 7) is 5.72. The third-order valence-electron chi connectivity index (χ3n) is 14.0. The van der Waals surface area contributed by atoms with E-state index in [2.05, 4.69) is 142 Å². The van der Waals surface area contributed by atoms with Crippen LogP contribution in [-0.4, -0.2) is 89.2 Å². The summed E-state index contributed by atoms with van der Waals surface area (Å²) >= 11 is 0. The molecule has 1 fully saturated rings. The van der Waals surface area contributed by atoms with Crippen LogP contribution >= 0.6 is 0 Å². The van der Waals surface area contributed by atoms with Gasteiger partial charge in [-0.05, 0) is 128 Å². The van der Waals surface area contributed by atoms with Gasteiger partial charge in [-0.1, -0.05) is 226 Å². The second-order valence-electron chi connectivity index (χ2n) is 21.6. The number of carbonyl (C=O) groups is 4. The van der Waals surface area contributed by atoms with Gasteiger partial charge in [0.05, 0.1) is 6.61 Å². The van der Waals surface area contributed by atoms with Gasteiger partial charge in [-0.15, -0.1) is 0 Å². The Morgan fingerprint density at radius 1 is 0.410 bits per heavy atom. The first-order chi connectivity index (χ1) is 40.6. The molecular weight excluding hydrogens is 1040 g/mol. The molecular formula is C71H114O12. The molecule has 0 radical (unpaired) electrons. The SMILES string of the molecule is CC/C=C\C/C=C\C/C=C\C/C=C\C/C=C\CCCCCC(=O)OCC(COC1OC(C(=O)O)C(O)C(O)C1OC(=O)CCCCCCCCC/C=C\C/C=C\C/C=C\CC)OC(=O)CCCCCCCCC/C=C\C/C=C\CCCCC. The molecule has 0 aromatic heterocycles. The van der Waals surface area contributed by atoms with Crippen LogP contribution in [0.2, 0.25) is 0 Å². The summed E-state index contributed by atoms with van der Waals surface area (Å²) in [6, 6.07) is 0. The zero-order chi connectivity index (χ0) is 60.3. The molecule has 6 atom stereocenters. The molecule has 83 heavy (non-hydrogen) atoms. The largest absolute Gasteiger partial charge is 0.479 e. The number of hydrogen-bond acceptors (Lipinski definition) is 11. The van der Waals surface area contributed by atoms with E-state index in [1.165, 1.54) is 19.3 Å². The molecule has 0 aliphatic carbocycles. The number of unbranched alkanes of at least 4 members (excludes halogenated alkanes) is 20. The molecule has 12 heteroatoms. The van der Waals surface area contributed by atoms with Crippen molar-refractivity contribution in [3.05, 3.63) is 122 Å². The van der Waals surface area contributed by atoms with Crippen molar-refractivity contribution in [2.24, 2.45) is 0 Å². The molecule has 0 aromatic rings. The van der Waals surface area contributed by atoms with E-state index in [0.717, 1.165) is 173 Å². The fraction of sp³-hybridized carbons (Fsp3) is 0.662. The number of esters is 3. The van der Waals surface area contributed by atoms with Crippen molar-refractivity contribution in [2.75, 3.05) is 13.2 Å². The van der Waals surface area contributed by atoms with E-state index >= 15 is 0 Å². The van der Waals surface area contributed by atoms with Crippen molar-refractivity contribution < 1.29 is 58.2 Å². The molecule has 470 valence electrons. The van der Waals surface area contributed by atoms with E-state index in [9.17, 15) is 34.5 Å². The van der Waals surface area contributed by atoms with Crippen LogP contribution in [0.4, 0.5) is 0 Å². The van der Waals surface area contributed by atoms with E-state index in [0.29, 0.717) is 19.3 Å². The summed E-state index contributed by atoms with van der Waals surface area (Å²) in [5.74, 6) is -3.19. The van der Waals surface area contributed by atoms with Gasteiger partial charge >= 0.3 is 23.9 Å². The number of ether oxygens (including phenoxy) is 5. The number of aliphatic hydroxyl groups is 2. The minimum Gasteiger partial charge on any atom is -0.479 e. The van der Waals surface area contributed by atoms with Crippen LogP contribution in [0.5, 0.6) is 0 Å². The maximum Gasteiger partial charge on any atom is 0.335 e. The molecule has 0 amide bonds. The summed E-state index contributed by atoms with van der Waals surface area (Å²) in [5, 5.41) is 31.6. The number of rotatable bonds is 54. The second-order valence-corrected chi connectivity index (χ2v) is 21.6. The highest BCUT2D eigenvalue weighted by atomic mass is 16.7. The fourth-order valence-corrected chi connectivity index (χ4v) is 9.09. The predicted octanol–water partition coefficient (Wildman–Crippen LogP) is 17.6. The van der Waals surface area contributed by atoms with Crippen LogP contribution in [0.3, 0.4) is 0 Å². The van der Waals surface area contributed by atoms with E-state index in [-0.39, 0.29) is 25.9 Å². The van der Waals surface area contributed by atoms with Gasteiger partial charge in [0.2, 0.25) is 0 Å². The third kappa shape index (κ3) is 47.1. The summed E-state index contributed by atoms with van der Waals surface area (Å²) in [5.41, 5.74) is 0. The Bertz CT molecular complexity index is 1900. The van der Waals surface area contributed by atoms with Gasteiger partial charge in [0.25, 0.3) is 0 Å². The van der Waals surface area contributed by atoms with Crippen LogP contribution in [0.15, 0.2) is 122 Å². The van der Waals surface area contributed by atoms with Gasteiger partial charge in [0, 0.05) is 19.3 Å². The molecule has 0 bridgehead atoms. The van der Waals surface area contributed by atoms with Crippen LogP contribution < -0.4 is 0 Å². The highest BCUT2D eigenvalue weighted by Gasteiger charge is 2.50. The van der Waals surface area contributed by atoms with Crippen molar-refractivity contribution in [3.8, 4) is 0 Å². The molecule has 1 aliphatic rings. The lowest BCUT2D eigenvalue weighted by Crippen LogP contribution is -2.61. The molecule has 3 N–H and O–H groups in total. The van der Waals surface area contributed by atoms with E-state index in [4.69, 9.17) is 23.7 Å². The summed E-state index contributed by atoms with van der Waals surface area (Å²) in [7, 11) is 0. The lowest BCUT2D eigenvalue weighted by molar-refractivity contribution is -0.301. The molecule has 12 nitrogen and oxygen atoms in total. The zero-order valence-electron chi connectivity index (χ0n) is 51.9. The average Bonchev–Trinajstić information content (AvgIpc) is 3.59. The second kappa shape index (κ2) is 57.5. The van der Waals surface area contributed by atoms with Gasteiger partial charge < -0.3 is 39.0 Å². The van der Waals surface area contributed by atoms with Crippen molar-refractivity contribution >= 4 is 23.9 Å². The zero-order valence-corrected chi connectivity index (χ0v) is 51.9. The predicted molar refractivity (Wildman–Crippen MR) is 340 cm³/mol. The maximum absolute atomic E-state index is 13.2. The lowest BCUT2D eigenvalue weighted by Gasteiger charge is -2.40. The topological polar surface area (TPSA) is 175 Å². The highest BCUT2D eigenvalue weighted by Crippen LogP contribution is 2.26. The average molecular weight is 1160 g/mol. The molecule has 1 aliphatic heterocycles. The molecule has 0 spiro atoms. The number of aliphatic carboxylic acids is 1. The number of carbonyl (C=O) groups excluding carboxylic acids is 3. The molecule has 0 saturated carbocycles. The summed E-state index contributed by atoms with van der Waals surface area (Å²) in [6.07, 6.45) is 67.2. The van der Waals surface area contributed by atoms with E-state index in [1.54, 1.807) is 0 Å². The third-order valence-corrected chi connectivity index (χ3v) is 14.0. The fourth-order valence-electron chi connectivity index (χ4n) is 9.09. The van der Waals surface area contributed by atoms with Crippen LogP contribution in [0.1, 0.15) is 252 Å². The van der Waals surface area contributed by atoms with E-state index in [1.807, 2.05) is 0 Å². The standard InChI is InChI=1S/C71H114O12/c1-4-7-10-13-16-19-22-25-28-31-32-35-36-39-42-45-48-51-54-57-63(72)79-60-62(81-64(73)58-55-52-49-46-43-40-37-33-29-26-23-20-17-14-11-8-5-2)61-80-71-69(67(76)66(75)68(83-71)70(77)78)82-65(74)59-56-53-50-47-44-41-38-34-30-27-24-21-18-15-12-9-6-3/h7,9-10,12,16-21,25-30,32,35,39,42,62,66-69,71,75-76H,4-6,8,11,13-15,22-24,31,33-34,36-38,40-41,43-61H2,1-3H3,(H,77,78)/b10-7-,12-9-,19-16-,20-17-,21-18-,28-25-,29-26-,30-27-,35-32-,42-39-.